The molecule has 0 heterocycles. The predicted octanol–water partition coefficient (Wildman–Crippen LogP) is 4.15. The maximum atomic E-state index is 11.8. The third kappa shape index (κ3) is 5.95. The standard InChI is InChI=1S/C16H24O2/c1-3-4-5-6-7-8-15(17)11-14-9-13(2)10-16(18)12-14/h10,12H,3-9,11H2,1-2H3. The molecule has 0 aromatic rings. The summed E-state index contributed by atoms with van der Waals surface area (Å²) in [5.41, 5.74) is 2.05. The molecule has 0 aliphatic heterocycles. The second-order valence-corrected chi connectivity index (χ2v) is 5.25. The van der Waals surface area contributed by atoms with E-state index in [1.165, 1.54) is 19.3 Å². The monoisotopic (exact) mass is 248 g/mol. The molecule has 0 saturated heterocycles. The third-order valence-electron chi connectivity index (χ3n) is 3.22. The van der Waals surface area contributed by atoms with Crippen molar-refractivity contribution in [1.29, 1.82) is 0 Å². The molecule has 0 amide bonds. The largest absolute Gasteiger partial charge is 0.299 e. The molecule has 2 nitrogen and oxygen atoms in total. The van der Waals surface area contributed by atoms with E-state index in [2.05, 4.69) is 6.92 Å². The van der Waals surface area contributed by atoms with Gasteiger partial charge in [0.1, 0.15) is 5.78 Å². The number of hydrogen-bond donors (Lipinski definition) is 0. The number of carbonyl (C=O) groups is 2. The summed E-state index contributed by atoms with van der Waals surface area (Å²) in [6.45, 7) is 4.13. The van der Waals surface area contributed by atoms with E-state index in [9.17, 15) is 9.59 Å². The van der Waals surface area contributed by atoms with Crippen LogP contribution < -0.4 is 0 Å². The first-order valence-electron chi connectivity index (χ1n) is 7.04. The lowest BCUT2D eigenvalue weighted by Crippen LogP contribution is -2.06. The highest BCUT2D eigenvalue weighted by Gasteiger charge is 2.12. The van der Waals surface area contributed by atoms with Gasteiger partial charge in [-0.1, -0.05) is 43.8 Å². The van der Waals surface area contributed by atoms with Gasteiger partial charge in [-0.3, -0.25) is 9.59 Å². The first-order valence-corrected chi connectivity index (χ1v) is 7.04. The summed E-state index contributed by atoms with van der Waals surface area (Å²) in [5, 5.41) is 0. The van der Waals surface area contributed by atoms with E-state index >= 15 is 0 Å². The Balaban J connectivity index is 2.22. The Bertz CT molecular complexity index is 361. The van der Waals surface area contributed by atoms with E-state index in [0.717, 1.165) is 30.4 Å². The maximum absolute atomic E-state index is 11.8. The molecule has 0 aromatic carbocycles. The van der Waals surface area contributed by atoms with Crippen molar-refractivity contribution in [2.45, 2.75) is 65.2 Å². The number of carbonyl (C=O) groups excluding carboxylic acids is 2. The maximum Gasteiger partial charge on any atom is 0.178 e. The first kappa shape index (κ1) is 14.9. The number of hydrogen-bond acceptors (Lipinski definition) is 2. The van der Waals surface area contributed by atoms with E-state index in [0.29, 0.717) is 12.8 Å². The lowest BCUT2D eigenvalue weighted by atomic mass is 9.93. The average molecular weight is 248 g/mol. The number of unbranched alkanes of at least 4 members (excludes halogenated alkanes) is 4. The van der Waals surface area contributed by atoms with Gasteiger partial charge < -0.3 is 0 Å². The van der Waals surface area contributed by atoms with Crippen LogP contribution in [-0.4, -0.2) is 11.6 Å². The highest BCUT2D eigenvalue weighted by molar-refractivity contribution is 6.02. The van der Waals surface area contributed by atoms with Gasteiger partial charge in [-0.15, -0.1) is 0 Å². The average Bonchev–Trinajstić information content (AvgIpc) is 2.27. The minimum absolute atomic E-state index is 0.0319. The summed E-state index contributed by atoms with van der Waals surface area (Å²) >= 11 is 0. The van der Waals surface area contributed by atoms with Gasteiger partial charge in [0.2, 0.25) is 0 Å². The molecule has 0 spiro atoms. The van der Waals surface area contributed by atoms with Crippen molar-refractivity contribution in [3.63, 3.8) is 0 Å². The van der Waals surface area contributed by atoms with Crippen molar-refractivity contribution >= 4 is 11.6 Å². The molecule has 0 saturated carbocycles. The summed E-state index contributed by atoms with van der Waals surface area (Å²) < 4.78 is 0. The molecule has 0 aromatic heterocycles. The molecule has 100 valence electrons. The topological polar surface area (TPSA) is 34.1 Å². The van der Waals surface area contributed by atoms with Gasteiger partial charge in [0.15, 0.2) is 5.78 Å². The highest BCUT2D eigenvalue weighted by atomic mass is 16.1. The SMILES string of the molecule is CCCCCCCC(=O)CC1=CC(=O)C=C(C)C1. The smallest absolute Gasteiger partial charge is 0.178 e. The Morgan fingerprint density at radius 3 is 2.56 bits per heavy atom. The van der Waals surface area contributed by atoms with Gasteiger partial charge in [0.05, 0.1) is 0 Å². The summed E-state index contributed by atoms with van der Waals surface area (Å²) in [6.07, 6.45) is 11.1. The van der Waals surface area contributed by atoms with Crippen LogP contribution in [0.15, 0.2) is 23.3 Å². The Morgan fingerprint density at radius 1 is 1.17 bits per heavy atom. The molecular formula is C16H24O2. The number of Topliss-reactive ketones (excluding diaryl/α,β-unsaturated/α-hetero) is 1. The summed E-state index contributed by atoms with van der Waals surface area (Å²) in [7, 11) is 0. The van der Waals surface area contributed by atoms with Crippen LogP contribution in [0.4, 0.5) is 0 Å². The van der Waals surface area contributed by atoms with Gasteiger partial charge in [-0.2, -0.15) is 0 Å². The molecule has 0 N–H and O–H groups in total. The van der Waals surface area contributed by atoms with Crippen LogP contribution in [0.5, 0.6) is 0 Å². The fraction of sp³-hybridized carbons (Fsp3) is 0.625. The zero-order valence-corrected chi connectivity index (χ0v) is 11.6. The summed E-state index contributed by atoms with van der Waals surface area (Å²) in [6, 6.07) is 0. The fourth-order valence-electron chi connectivity index (χ4n) is 2.33. The predicted molar refractivity (Wildman–Crippen MR) is 74.5 cm³/mol. The molecule has 0 bridgehead atoms. The van der Waals surface area contributed by atoms with Crippen LogP contribution in [-0.2, 0) is 9.59 Å². The van der Waals surface area contributed by atoms with Crippen molar-refractivity contribution in [3.05, 3.63) is 23.3 Å². The van der Waals surface area contributed by atoms with Crippen molar-refractivity contribution < 1.29 is 9.59 Å². The third-order valence-corrected chi connectivity index (χ3v) is 3.22. The van der Waals surface area contributed by atoms with Crippen molar-refractivity contribution in [2.75, 3.05) is 0 Å². The fourth-order valence-corrected chi connectivity index (χ4v) is 2.33. The van der Waals surface area contributed by atoms with Crippen LogP contribution in [0.1, 0.15) is 65.2 Å². The van der Waals surface area contributed by atoms with E-state index in [-0.39, 0.29) is 11.6 Å². The molecule has 0 radical (unpaired) electrons. The number of rotatable bonds is 8. The normalized spacial score (nSPS) is 15.3. The molecule has 1 aliphatic rings. The van der Waals surface area contributed by atoms with Gasteiger partial charge in [0, 0.05) is 12.8 Å². The van der Waals surface area contributed by atoms with Crippen molar-refractivity contribution in [1.82, 2.24) is 0 Å². The van der Waals surface area contributed by atoms with Crippen LogP contribution in [0, 0.1) is 0 Å². The second kappa shape index (κ2) is 8.02. The minimum Gasteiger partial charge on any atom is -0.299 e. The molecule has 0 unspecified atom stereocenters. The van der Waals surface area contributed by atoms with Gasteiger partial charge in [-0.05, 0) is 31.9 Å². The van der Waals surface area contributed by atoms with Gasteiger partial charge in [-0.25, -0.2) is 0 Å². The lowest BCUT2D eigenvalue weighted by molar-refractivity contribution is -0.118. The molecule has 1 rings (SSSR count). The zero-order valence-electron chi connectivity index (χ0n) is 11.6. The highest BCUT2D eigenvalue weighted by Crippen LogP contribution is 2.20. The molecule has 1 aliphatic carbocycles. The lowest BCUT2D eigenvalue weighted by Gasteiger charge is -2.11. The minimum atomic E-state index is 0.0319. The Morgan fingerprint density at radius 2 is 1.89 bits per heavy atom. The summed E-state index contributed by atoms with van der Waals surface area (Å²) in [4.78, 5) is 23.1. The second-order valence-electron chi connectivity index (χ2n) is 5.25. The van der Waals surface area contributed by atoms with Crippen LogP contribution in [0.25, 0.3) is 0 Å². The van der Waals surface area contributed by atoms with Crippen LogP contribution in [0.2, 0.25) is 0 Å². The Hall–Kier alpha value is -1.18. The zero-order chi connectivity index (χ0) is 13.4. The van der Waals surface area contributed by atoms with Crippen LogP contribution >= 0.6 is 0 Å². The van der Waals surface area contributed by atoms with Crippen molar-refractivity contribution in [3.8, 4) is 0 Å². The number of ketones is 2. The summed E-state index contributed by atoms with van der Waals surface area (Å²) in [5.74, 6) is 0.310. The quantitative estimate of drug-likeness (QED) is 0.605. The Labute approximate surface area is 110 Å². The van der Waals surface area contributed by atoms with E-state index in [4.69, 9.17) is 0 Å². The molecule has 18 heavy (non-hydrogen) atoms. The van der Waals surface area contributed by atoms with E-state index < -0.39 is 0 Å². The number of allylic oxidation sites excluding steroid dienone is 4. The molecule has 0 fully saturated rings. The van der Waals surface area contributed by atoms with Crippen LogP contribution in [0.3, 0.4) is 0 Å². The van der Waals surface area contributed by atoms with Gasteiger partial charge in [0.25, 0.3) is 0 Å². The van der Waals surface area contributed by atoms with Crippen molar-refractivity contribution in [2.24, 2.45) is 0 Å². The van der Waals surface area contributed by atoms with E-state index in [1.54, 1.807) is 12.2 Å². The van der Waals surface area contributed by atoms with E-state index in [1.807, 2.05) is 6.92 Å². The molecular weight excluding hydrogens is 224 g/mol. The van der Waals surface area contributed by atoms with Gasteiger partial charge >= 0.3 is 0 Å². The Kier molecular flexibility index (Phi) is 6.63. The molecule has 2 heteroatoms. The first-order chi connectivity index (χ1) is 8.61. The molecule has 0 atom stereocenters.